The highest BCUT2D eigenvalue weighted by Crippen LogP contribution is 2.34. The molecule has 2 aromatic carbocycles. The Morgan fingerprint density at radius 2 is 1.60 bits per heavy atom. The molecule has 0 spiro atoms. The van der Waals surface area contributed by atoms with E-state index >= 15 is 0 Å². The van der Waals surface area contributed by atoms with E-state index in [0.29, 0.717) is 34.1 Å². The van der Waals surface area contributed by atoms with Crippen LogP contribution in [0.5, 0.6) is 23.0 Å². The molecule has 1 aliphatic heterocycles. The van der Waals surface area contributed by atoms with Crippen LogP contribution in [0.4, 0.5) is 0 Å². The Kier molecular flexibility index (Phi) is 4.99. The first-order valence-electron chi connectivity index (χ1n) is 7.52. The summed E-state index contributed by atoms with van der Waals surface area (Å²) in [5.41, 5.74) is 2.14. The molecule has 0 saturated carbocycles. The van der Waals surface area contributed by atoms with Gasteiger partial charge in [0.1, 0.15) is 6.61 Å². The van der Waals surface area contributed by atoms with Crippen LogP contribution in [0.15, 0.2) is 30.3 Å². The van der Waals surface area contributed by atoms with Gasteiger partial charge in [-0.05, 0) is 18.2 Å². The third-order valence-electron chi connectivity index (χ3n) is 3.54. The Morgan fingerprint density at radius 3 is 2.24 bits per heavy atom. The van der Waals surface area contributed by atoms with E-state index in [1.807, 2.05) is 6.07 Å². The van der Waals surface area contributed by atoms with Gasteiger partial charge in [-0.1, -0.05) is 23.7 Å². The summed E-state index contributed by atoms with van der Waals surface area (Å²) in [5, 5.41) is 8.94. The van der Waals surface area contributed by atoms with Crippen molar-refractivity contribution in [2.45, 2.75) is 0 Å². The van der Waals surface area contributed by atoms with E-state index in [0.717, 1.165) is 5.56 Å². The van der Waals surface area contributed by atoms with Crippen molar-refractivity contribution >= 4 is 0 Å². The van der Waals surface area contributed by atoms with Gasteiger partial charge in [-0.2, -0.15) is 0 Å². The quantitative estimate of drug-likeness (QED) is 0.852. The molecule has 5 heteroatoms. The van der Waals surface area contributed by atoms with Crippen LogP contribution >= 0.6 is 0 Å². The van der Waals surface area contributed by atoms with Gasteiger partial charge in [0.2, 0.25) is 6.79 Å². The predicted molar refractivity (Wildman–Crippen MR) is 92.1 cm³/mol. The average molecular weight is 336 g/mol. The third kappa shape index (κ3) is 3.63. The number of hydrogen-bond acceptors (Lipinski definition) is 5. The van der Waals surface area contributed by atoms with E-state index in [1.165, 1.54) is 0 Å². The molecule has 1 N–H and O–H groups in total. The topological polar surface area (TPSA) is 57.2 Å². The van der Waals surface area contributed by atoms with Gasteiger partial charge in [0.15, 0.2) is 23.0 Å². The van der Waals surface area contributed by atoms with Crippen LogP contribution in [-0.2, 0) is 0 Å². The summed E-state index contributed by atoms with van der Waals surface area (Å²) in [5.74, 6) is 14.2. The second-order valence-electron chi connectivity index (χ2n) is 5.03. The summed E-state index contributed by atoms with van der Waals surface area (Å²) >= 11 is 0. The van der Waals surface area contributed by atoms with E-state index in [9.17, 15) is 0 Å². The summed E-state index contributed by atoms with van der Waals surface area (Å²) in [4.78, 5) is 0. The van der Waals surface area contributed by atoms with Gasteiger partial charge in [-0.3, -0.25) is 0 Å². The fraction of sp³-hybridized carbons (Fsp3) is 0.200. The number of aliphatic hydroxyl groups excluding tert-OH is 1. The van der Waals surface area contributed by atoms with Crippen molar-refractivity contribution in [3.05, 3.63) is 47.0 Å². The van der Waals surface area contributed by atoms with Crippen molar-refractivity contribution in [2.24, 2.45) is 0 Å². The molecule has 1 heterocycles. The predicted octanol–water partition coefficient (Wildman–Crippen LogP) is 2.18. The SMILES string of the molecule is COc1ccc(C#Cc2cc3c(cc2C#CCO)OCO3)cc1OC. The third-order valence-corrected chi connectivity index (χ3v) is 3.54. The largest absolute Gasteiger partial charge is 0.493 e. The first-order valence-corrected chi connectivity index (χ1v) is 7.52. The highest BCUT2D eigenvalue weighted by molar-refractivity contribution is 5.61. The zero-order chi connectivity index (χ0) is 17.6. The standard InChI is InChI=1S/C20H16O5/c1-22-17-8-6-14(10-18(17)23-2)5-7-16-12-20-19(24-13-25-20)11-15(16)4-3-9-21/h6,8,10-12,21H,9,13H2,1-2H3. The van der Waals surface area contributed by atoms with Gasteiger partial charge < -0.3 is 24.1 Å². The molecule has 5 nitrogen and oxygen atoms in total. The number of aliphatic hydroxyl groups is 1. The smallest absolute Gasteiger partial charge is 0.231 e. The molecule has 0 amide bonds. The van der Waals surface area contributed by atoms with Gasteiger partial charge in [-0.15, -0.1) is 0 Å². The Hall–Kier alpha value is -3.28. The second-order valence-corrected chi connectivity index (χ2v) is 5.03. The molecule has 1 aliphatic rings. The maximum absolute atomic E-state index is 8.94. The maximum atomic E-state index is 8.94. The van der Waals surface area contributed by atoms with E-state index in [2.05, 4.69) is 23.7 Å². The summed E-state index contributed by atoms with van der Waals surface area (Å²) in [6.07, 6.45) is 0. The molecular formula is C20H16O5. The second kappa shape index (κ2) is 7.53. The van der Waals surface area contributed by atoms with Crippen LogP contribution in [0.25, 0.3) is 0 Å². The minimum absolute atomic E-state index is 0.175. The van der Waals surface area contributed by atoms with Crippen molar-refractivity contribution in [3.63, 3.8) is 0 Å². The molecule has 0 radical (unpaired) electrons. The van der Waals surface area contributed by atoms with Crippen LogP contribution in [-0.4, -0.2) is 32.7 Å². The lowest BCUT2D eigenvalue weighted by Crippen LogP contribution is -1.92. The first-order chi connectivity index (χ1) is 12.2. The van der Waals surface area contributed by atoms with E-state index < -0.39 is 0 Å². The van der Waals surface area contributed by atoms with Crippen molar-refractivity contribution < 1.29 is 24.1 Å². The number of methoxy groups -OCH3 is 2. The van der Waals surface area contributed by atoms with Gasteiger partial charge in [0.05, 0.1) is 14.2 Å². The lowest BCUT2D eigenvalue weighted by molar-refractivity contribution is 0.174. The number of rotatable bonds is 2. The Labute approximate surface area is 146 Å². The van der Waals surface area contributed by atoms with Gasteiger partial charge in [0, 0.05) is 28.8 Å². The fourth-order valence-electron chi connectivity index (χ4n) is 2.34. The molecule has 0 fully saturated rings. The lowest BCUT2D eigenvalue weighted by Gasteiger charge is -2.06. The normalized spacial score (nSPS) is 11.0. The summed E-state index contributed by atoms with van der Waals surface area (Å²) in [6, 6.07) is 9.01. The van der Waals surface area contributed by atoms with Crippen LogP contribution in [0.2, 0.25) is 0 Å². The van der Waals surface area contributed by atoms with E-state index in [1.54, 1.807) is 38.5 Å². The average Bonchev–Trinajstić information content (AvgIpc) is 3.11. The van der Waals surface area contributed by atoms with Crippen LogP contribution in [0.3, 0.4) is 0 Å². The summed E-state index contributed by atoms with van der Waals surface area (Å²) in [7, 11) is 3.16. The molecule has 0 aromatic heterocycles. The van der Waals surface area contributed by atoms with Crippen molar-refractivity contribution in [2.75, 3.05) is 27.6 Å². The van der Waals surface area contributed by atoms with Crippen LogP contribution < -0.4 is 18.9 Å². The number of benzene rings is 2. The highest BCUT2D eigenvalue weighted by Gasteiger charge is 2.15. The molecule has 0 aliphatic carbocycles. The van der Waals surface area contributed by atoms with Gasteiger partial charge in [0.25, 0.3) is 0 Å². The molecular weight excluding hydrogens is 320 g/mol. The van der Waals surface area contributed by atoms with Crippen LogP contribution in [0.1, 0.15) is 16.7 Å². The maximum Gasteiger partial charge on any atom is 0.231 e. The molecule has 0 unspecified atom stereocenters. The van der Waals surface area contributed by atoms with Crippen molar-refractivity contribution in [1.82, 2.24) is 0 Å². The zero-order valence-corrected chi connectivity index (χ0v) is 13.9. The van der Waals surface area contributed by atoms with E-state index in [-0.39, 0.29) is 13.4 Å². The molecule has 25 heavy (non-hydrogen) atoms. The number of fused-ring (bicyclic) bond motifs is 1. The molecule has 0 atom stereocenters. The molecule has 3 rings (SSSR count). The Morgan fingerprint density at radius 1 is 0.920 bits per heavy atom. The first kappa shape index (κ1) is 16.6. The Bertz CT molecular complexity index is 909. The minimum atomic E-state index is -0.225. The van der Waals surface area contributed by atoms with Gasteiger partial charge >= 0.3 is 0 Å². The molecule has 2 aromatic rings. The number of hydrogen-bond donors (Lipinski definition) is 1. The van der Waals surface area contributed by atoms with Gasteiger partial charge in [-0.25, -0.2) is 0 Å². The van der Waals surface area contributed by atoms with Crippen molar-refractivity contribution in [1.29, 1.82) is 0 Å². The Balaban J connectivity index is 1.99. The van der Waals surface area contributed by atoms with E-state index in [4.69, 9.17) is 24.1 Å². The molecule has 0 bridgehead atoms. The zero-order valence-electron chi connectivity index (χ0n) is 13.9. The highest BCUT2D eigenvalue weighted by atomic mass is 16.7. The lowest BCUT2D eigenvalue weighted by atomic mass is 10.1. The van der Waals surface area contributed by atoms with Crippen molar-refractivity contribution in [3.8, 4) is 46.7 Å². The number of ether oxygens (including phenoxy) is 4. The fourth-order valence-corrected chi connectivity index (χ4v) is 2.34. The summed E-state index contributed by atoms with van der Waals surface area (Å²) < 4.78 is 21.3. The molecule has 0 saturated heterocycles. The minimum Gasteiger partial charge on any atom is -0.493 e. The molecule has 126 valence electrons. The van der Waals surface area contributed by atoms with Crippen LogP contribution in [0, 0.1) is 23.7 Å². The monoisotopic (exact) mass is 336 g/mol. The summed E-state index contributed by atoms with van der Waals surface area (Å²) in [6.45, 7) is -0.0498.